The lowest BCUT2D eigenvalue weighted by molar-refractivity contribution is -0.157. The monoisotopic (exact) mass is 777 g/mol. The number of ketones is 1. The van der Waals surface area contributed by atoms with Crippen molar-refractivity contribution in [3.05, 3.63) is 24.3 Å². The van der Waals surface area contributed by atoms with Gasteiger partial charge in [0, 0.05) is 44.0 Å². The molecule has 6 rings (SSSR count). The van der Waals surface area contributed by atoms with E-state index in [1.165, 1.54) is 18.6 Å². The normalized spacial score (nSPS) is 26.0. The molecule has 3 aliphatic heterocycles. The van der Waals surface area contributed by atoms with Crippen molar-refractivity contribution < 1.29 is 33.6 Å². The first-order valence-corrected chi connectivity index (χ1v) is 20.6. The van der Waals surface area contributed by atoms with Crippen LogP contribution in [0.4, 0.5) is 0 Å². The summed E-state index contributed by atoms with van der Waals surface area (Å²) in [7, 11) is 0. The van der Waals surface area contributed by atoms with Crippen molar-refractivity contribution in [2.45, 2.75) is 154 Å². The third-order valence-corrected chi connectivity index (χ3v) is 12.3. The van der Waals surface area contributed by atoms with Crippen molar-refractivity contribution in [3.8, 4) is 0 Å². The lowest BCUT2D eigenvalue weighted by atomic mass is 9.82. The summed E-state index contributed by atoms with van der Waals surface area (Å²) in [6.07, 6.45) is 12.3. The second-order valence-corrected chi connectivity index (χ2v) is 17.3. The van der Waals surface area contributed by atoms with Crippen LogP contribution in [0.25, 0.3) is 0 Å². The molecule has 306 valence electrons. The Labute approximate surface area is 329 Å². The minimum absolute atomic E-state index is 0.0290. The molecule has 16 heteroatoms. The molecule has 2 saturated carbocycles. The molecule has 3 saturated heterocycles. The van der Waals surface area contributed by atoms with Gasteiger partial charge in [0.15, 0.2) is 5.66 Å². The number of imide groups is 1. The van der Waals surface area contributed by atoms with Crippen LogP contribution < -0.4 is 21.3 Å². The first-order chi connectivity index (χ1) is 26.7. The zero-order valence-corrected chi connectivity index (χ0v) is 33.5. The van der Waals surface area contributed by atoms with Crippen LogP contribution in [0.15, 0.2) is 18.6 Å². The van der Waals surface area contributed by atoms with Gasteiger partial charge >= 0.3 is 0 Å². The second-order valence-electron chi connectivity index (χ2n) is 17.3. The molecular formula is C40H59N9O7. The van der Waals surface area contributed by atoms with Crippen LogP contribution >= 0.6 is 0 Å². The molecule has 6 amide bonds. The lowest BCUT2D eigenvalue weighted by Gasteiger charge is -2.39. The Morgan fingerprint density at radius 2 is 1.66 bits per heavy atom. The van der Waals surface area contributed by atoms with Gasteiger partial charge < -0.3 is 21.3 Å². The third-order valence-electron chi connectivity index (χ3n) is 12.3. The van der Waals surface area contributed by atoms with E-state index in [2.05, 4.69) is 36.1 Å². The molecule has 1 unspecified atom stereocenters. The number of nitrogens with one attached hydrogen (secondary N) is 4. The number of rotatable bonds is 14. The highest BCUT2D eigenvalue weighted by Gasteiger charge is 2.67. The summed E-state index contributed by atoms with van der Waals surface area (Å²) in [6.45, 7) is 10.8. The van der Waals surface area contributed by atoms with Crippen LogP contribution in [0.1, 0.15) is 122 Å². The maximum Gasteiger partial charge on any atom is 0.289 e. The number of carbonyl (C=O) groups excluding carboxylic acids is 7. The molecule has 1 aromatic heterocycles. The largest absolute Gasteiger partial charge is 0.347 e. The fourth-order valence-corrected chi connectivity index (χ4v) is 9.23. The summed E-state index contributed by atoms with van der Waals surface area (Å²) in [5.41, 5.74) is -2.18. The maximum absolute atomic E-state index is 15.1. The van der Waals surface area contributed by atoms with Crippen LogP contribution in [-0.4, -0.2) is 127 Å². The maximum atomic E-state index is 15.1. The van der Waals surface area contributed by atoms with Gasteiger partial charge in [-0.05, 0) is 62.8 Å². The average Bonchev–Trinajstić information content (AvgIpc) is 3.65. The highest BCUT2D eigenvalue weighted by atomic mass is 16.2. The van der Waals surface area contributed by atoms with Gasteiger partial charge in [0.25, 0.3) is 23.6 Å². The van der Waals surface area contributed by atoms with E-state index in [0.29, 0.717) is 38.9 Å². The number of likely N-dealkylation sites (N-methyl/N-ethyl adjacent to an activating group) is 1. The van der Waals surface area contributed by atoms with Gasteiger partial charge in [0.2, 0.25) is 17.6 Å². The lowest BCUT2D eigenvalue weighted by Crippen LogP contribution is -2.64. The Kier molecular flexibility index (Phi) is 12.6. The summed E-state index contributed by atoms with van der Waals surface area (Å²) in [6, 6.07) is -4.73. The van der Waals surface area contributed by atoms with Crippen LogP contribution in [-0.2, 0) is 28.8 Å². The second kappa shape index (κ2) is 17.0. The van der Waals surface area contributed by atoms with Gasteiger partial charge in [0.05, 0.1) is 12.2 Å². The van der Waals surface area contributed by atoms with E-state index in [0.717, 1.165) is 49.8 Å². The van der Waals surface area contributed by atoms with Crippen molar-refractivity contribution in [1.82, 2.24) is 45.9 Å². The van der Waals surface area contributed by atoms with Crippen LogP contribution in [0.3, 0.4) is 0 Å². The Morgan fingerprint density at radius 3 is 2.29 bits per heavy atom. The smallest absolute Gasteiger partial charge is 0.289 e. The highest BCUT2D eigenvalue weighted by molar-refractivity contribution is 6.38. The molecule has 5 aliphatic rings. The van der Waals surface area contributed by atoms with Crippen molar-refractivity contribution in [2.24, 2.45) is 11.3 Å². The number of carbonyl (C=O) groups is 7. The zero-order chi connectivity index (χ0) is 40.4. The minimum atomic E-state index is -1.32. The Morgan fingerprint density at radius 1 is 0.929 bits per heavy atom. The summed E-state index contributed by atoms with van der Waals surface area (Å²) in [5, 5.41) is 11.3. The zero-order valence-electron chi connectivity index (χ0n) is 33.5. The number of aromatic nitrogens is 2. The molecule has 2 aliphatic carbocycles. The number of hydrogen-bond acceptors (Lipinski definition) is 11. The van der Waals surface area contributed by atoms with Crippen LogP contribution in [0.2, 0.25) is 0 Å². The summed E-state index contributed by atoms with van der Waals surface area (Å²) in [4.78, 5) is 112. The third kappa shape index (κ3) is 8.36. The molecule has 1 aromatic rings. The molecule has 4 N–H and O–H groups in total. The predicted octanol–water partition coefficient (Wildman–Crippen LogP) is 1.44. The predicted molar refractivity (Wildman–Crippen MR) is 204 cm³/mol. The van der Waals surface area contributed by atoms with E-state index in [-0.39, 0.29) is 36.5 Å². The number of likely N-dealkylation sites (tertiary alicyclic amines) is 1. The molecule has 56 heavy (non-hydrogen) atoms. The van der Waals surface area contributed by atoms with E-state index in [9.17, 15) is 24.0 Å². The number of Topliss-reactive ketones (excluding diaryl/α,β-unsaturated/α-hetero) is 1. The highest BCUT2D eigenvalue weighted by Crippen LogP contribution is 2.46. The summed E-state index contributed by atoms with van der Waals surface area (Å²) >= 11 is 0. The Bertz CT molecular complexity index is 1670. The minimum Gasteiger partial charge on any atom is -0.347 e. The SMILES string of the molecule is CCCC(NC(=O)[C@@H]1C[C@@]2(C(=O)N1C(=O)[C@@H](NC(=O)[C@@H](NC(=O)c1cnccn1)C1CCCCC1)C(C)(C)C)N(CC)C[C@H]1CCCN12)C(=O)C(=O)NC1CC1. The van der Waals surface area contributed by atoms with Crippen molar-refractivity contribution in [2.75, 3.05) is 19.6 Å². The first kappa shape index (κ1) is 41.3. The Hall–Kier alpha value is -4.31. The molecule has 1 spiro atoms. The van der Waals surface area contributed by atoms with Gasteiger partial charge in [-0.1, -0.05) is 60.3 Å². The first-order valence-electron chi connectivity index (χ1n) is 20.6. The van der Waals surface area contributed by atoms with Gasteiger partial charge in [-0.3, -0.25) is 53.2 Å². The molecule has 0 bridgehead atoms. The quantitative estimate of drug-likeness (QED) is 0.199. The molecule has 5 fully saturated rings. The number of nitrogens with zero attached hydrogens (tertiary/aromatic N) is 5. The van der Waals surface area contributed by atoms with Gasteiger partial charge in [-0.15, -0.1) is 0 Å². The van der Waals surface area contributed by atoms with E-state index < -0.39 is 76.5 Å². The topological polar surface area (TPSA) is 203 Å². The standard InChI is InChI=1S/C40H59N9O7/c1-6-12-27(31(50)36(54)43-25-16-17-25)44-34(52)29-21-40(47(7-2)23-26-15-11-20-48(26)40)38(56)49(29)37(55)32(39(3,4)5)46-35(53)30(24-13-9-8-10-14-24)45-33(51)28-22-41-18-19-42-28/h18-19,22,24-27,29-30,32H,6-17,20-21,23H2,1-5H3,(H,43,54)(H,44,52)(H,45,51)(H,46,53)/t26-,27?,29+,30+,32-,40-/m1/s1. The van der Waals surface area contributed by atoms with Gasteiger partial charge in [-0.2, -0.15) is 0 Å². The fraction of sp³-hybridized carbons (Fsp3) is 0.725. The molecule has 16 nitrogen and oxygen atoms in total. The molecule has 0 radical (unpaired) electrons. The van der Waals surface area contributed by atoms with Crippen LogP contribution in [0.5, 0.6) is 0 Å². The number of fused-ring (bicyclic) bond motifs is 2. The van der Waals surface area contributed by atoms with E-state index in [1.807, 2.05) is 18.7 Å². The Balaban J connectivity index is 1.32. The molecule has 4 heterocycles. The van der Waals surface area contributed by atoms with Crippen LogP contribution in [0, 0.1) is 11.3 Å². The summed E-state index contributed by atoms with van der Waals surface area (Å²) in [5.74, 6) is -4.87. The van der Waals surface area contributed by atoms with E-state index >= 15 is 9.59 Å². The number of hydrogen-bond donors (Lipinski definition) is 4. The van der Waals surface area contributed by atoms with E-state index in [4.69, 9.17) is 0 Å². The fourth-order valence-electron chi connectivity index (χ4n) is 9.23. The van der Waals surface area contributed by atoms with Crippen molar-refractivity contribution >= 4 is 41.2 Å². The molecule has 0 aromatic carbocycles. The molecule has 6 atom stereocenters. The van der Waals surface area contributed by atoms with Gasteiger partial charge in [0.1, 0.15) is 23.8 Å². The van der Waals surface area contributed by atoms with Crippen molar-refractivity contribution in [3.63, 3.8) is 0 Å². The summed E-state index contributed by atoms with van der Waals surface area (Å²) < 4.78 is 0. The van der Waals surface area contributed by atoms with Gasteiger partial charge in [-0.25, -0.2) is 4.98 Å². The molecular weight excluding hydrogens is 718 g/mol. The average molecular weight is 778 g/mol. The number of amides is 6. The van der Waals surface area contributed by atoms with Crippen molar-refractivity contribution in [1.29, 1.82) is 0 Å². The van der Waals surface area contributed by atoms with E-state index in [1.54, 1.807) is 20.8 Å².